The molecule has 1 N–H and O–H groups in total. The van der Waals surface area contributed by atoms with Gasteiger partial charge in [-0.2, -0.15) is 9.61 Å². The lowest BCUT2D eigenvalue weighted by atomic mass is 10.3. The number of nitrogens with one attached hydrogen (secondary N) is 1. The number of aryl methyl sites for hydroxylation is 1. The van der Waals surface area contributed by atoms with Gasteiger partial charge in [0.2, 0.25) is 4.96 Å². The van der Waals surface area contributed by atoms with Crippen molar-refractivity contribution < 1.29 is 0 Å². The summed E-state index contributed by atoms with van der Waals surface area (Å²) in [6, 6.07) is 9.39. The van der Waals surface area contributed by atoms with E-state index in [0.717, 1.165) is 21.6 Å². The van der Waals surface area contributed by atoms with Crippen LogP contribution in [0, 0.1) is 0 Å². The number of anilines is 1. The molecule has 5 nitrogen and oxygen atoms in total. The van der Waals surface area contributed by atoms with E-state index in [1.807, 2.05) is 31.2 Å². The molecule has 7 heteroatoms. The highest BCUT2D eigenvalue weighted by molar-refractivity contribution is 9.10. The zero-order valence-corrected chi connectivity index (χ0v) is 13.7. The van der Waals surface area contributed by atoms with Gasteiger partial charge in [-0.3, -0.25) is 4.79 Å². The Morgan fingerprint density at radius 1 is 1.33 bits per heavy atom. The molecule has 3 rings (SSSR count). The number of hydrogen-bond acceptors (Lipinski definition) is 5. The molecular weight excluding hydrogens is 352 g/mol. The van der Waals surface area contributed by atoms with Crippen molar-refractivity contribution in [1.82, 2.24) is 14.6 Å². The third kappa shape index (κ3) is 3.14. The number of nitrogens with zero attached hydrogens (tertiary/aromatic N) is 3. The largest absolute Gasteiger partial charge is 0.379 e. The normalized spacial score (nSPS) is 11.0. The topological polar surface area (TPSA) is 59.3 Å². The highest BCUT2D eigenvalue weighted by atomic mass is 79.9. The summed E-state index contributed by atoms with van der Waals surface area (Å²) in [7, 11) is 0. The monoisotopic (exact) mass is 364 g/mol. The summed E-state index contributed by atoms with van der Waals surface area (Å²) in [4.78, 5) is 17.1. The van der Waals surface area contributed by atoms with Gasteiger partial charge in [0.05, 0.1) is 12.2 Å². The number of aromatic nitrogens is 3. The van der Waals surface area contributed by atoms with Gasteiger partial charge < -0.3 is 5.32 Å². The first-order valence-electron chi connectivity index (χ1n) is 6.54. The highest BCUT2D eigenvalue weighted by Gasteiger charge is 2.07. The van der Waals surface area contributed by atoms with Crippen LogP contribution >= 0.6 is 27.3 Å². The quantitative estimate of drug-likeness (QED) is 0.772. The molecule has 108 valence electrons. The van der Waals surface area contributed by atoms with Gasteiger partial charge in [-0.1, -0.05) is 34.2 Å². The molecule has 0 fully saturated rings. The van der Waals surface area contributed by atoms with E-state index < -0.39 is 0 Å². The lowest BCUT2D eigenvalue weighted by Gasteiger charge is -2.05. The third-order valence-corrected chi connectivity index (χ3v) is 4.54. The number of hydrogen-bond donors (Lipinski definition) is 1. The average molecular weight is 365 g/mol. The maximum absolute atomic E-state index is 12.0. The third-order valence-electron chi connectivity index (χ3n) is 2.96. The Kier molecular flexibility index (Phi) is 4.03. The fourth-order valence-corrected chi connectivity index (χ4v) is 3.01. The molecule has 3 aromatic rings. The van der Waals surface area contributed by atoms with E-state index in [1.54, 1.807) is 0 Å². The number of fused-ring (bicyclic) bond motifs is 1. The average Bonchev–Trinajstić information content (AvgIpc) is 2.90. The summed E-state index contributed by atoms with van der Waals surface area (Å²) >= 11 is 4.85. The molecule has 0 spiro atoms. The second kappa shape index (κ2) is 5.95. The number of rotatable bonds is 4. The minimum absolute atomic E-state index is 0.136. The van der Waals surface area contributed by atoms with E-state index in [0.29, 0.717) is 17.2 Å². The van der Waals surface area contributed by atoms with Crippen LogP contribution in [-0.4, -0.2) is 14.6 Å². The molecule has 0 atom stereocenters. The molecule has 0 amide bonds. The predicted molar refractivity (Wildman–Crippen MR) is 88.0 cm³/mol. The molecule has 0 unspecified atom stereocenters. The Bertz CT molecular complexity index is 825. The summed E-state index contributed by atoms with van der Waals surface area (Å²) in [5, 5.41) is 8.40. The predicted octanol–water partition coefficient (Wildman–Crippen LogP) is 3.09. The second-order valence-electron chi connectivity index (χ2n) is 4.49. The first-order chi connectivity index (χ1) is 10.2. The Labute approximate surface area is 133 Å². The standard InChI is InChI=1S/C14H13BrN4OS/c1-2-12-18-19-13(20)7-11(17-14(19)21-12)8-16-10-5-3-9(15)4-6-10/h3-7,16H,2,8H2,1H3. The van der Waals surface area contributed by atoms with Crippen molar-refractivity contribution >= 4 is 37.9 Å². The molecule has 0 saturated heterocycles. The van der Waals surface area contributed by atoms with E-state index in [1.165, 1.54) is 21.9 Å². The van der Waals surface area contributed by atoms with Crippen LogP contribution in [0.3, 0.4) is 0 Å². The first kappa shape index (κ1) is 14.2. The molecule has 2 aromatic heterocycles. The van der Waals surface area contributed by atoms with E-state index in [4.69, 9.17) is 0 Å². The van der Waals surface area contributed by atoms with Crippen molar-refractivity contribution in [3.05, 3.63) is 55.9 Å². The van der Waals surface area contributed by atoms with Crippen LogP contribution in [0.5, 0.6) is 0 Å². The van der Waals surface area contributed by atoms with Gasteiger partial charge in [-0.05, 0) is 30.7 Å². The minimum atomic E-state index is -0.136. The van der Waals surface area contributed by atoms with Crippen molar-refractivity contribution in [2.45, 2.75) is 19.9 Å². The van der Waals surface area contributed by atoms with Crippen LogP contribution in [0.1, 0.15) is 17.6 Å². The highest BCUT2D eigenvalue weighted by Crippen LogP contribution is 2.15. The Hall–Kier alpha value is -1.73. The summed E-state index contributed by atoms with van der Waals surface area (Å²) < 4.78 is 2.40. The van der Waals surface area contributed by atoms with Crippen molar-refractivity contribution in [1.29, 1.82) is 0 Å². The molecule has 0 bridgehead atoms. The zero-order chi connectivity index (χ0) is 14.8. The first-order valence-corrected chi connectivity index (χ1v) is 8.15. The fourth-order valence-electron chi connectivity index (χ4n) is 1.89. The molecule has 2 heterocycles. The molecular formula is C14H13BrN4OS. The van der Waals surface area contributed by atoms with Crippen molar-refractivity contribution in [3.8, 4) is 0 Å². The SMILES string of the molecule is CCc1nn2c(=O)cc(CNc3ccc(Br)cc3)nc2s1. The van der Waals surface area contributed by atoms with E-state index in [9.17, 15) is 4.79 Å². The Morgan fingerprint density at radius 3 is 2.81 bits per heavy atom. The lowest BCUT2D eigenvalue weighted by Crippen LogP contribution is -2.16. The van der Waals surface area contributed by atoms with Crippen molar-refractivity contribution in [2.75, 3.05) is 5.32 Å². The maximum atomic E-state index is 12.0. The van der Waals surface area contributed by atoms with Crippen LogP contribution in [0.2, 0.25) is 0 Å². The number of benzene rings is 1. The molecule has 0 radical (unpaired) electrons. The van der Waals surface area contributed by atoms with Gasteiger partial charge >= 0.3 is 0 Å². The maximum Gasteiger partial charge on any atom is 0.275 e. The van der Waals surface area contributed by atoms with Gasteiger partial charge in [-0.25, -0.2) is 4.98 Å². The fraction of sp³-hybridized carbons (Fsp3) is 0.214. The number of halogens is 1. The zero-order valence-electron chi connectivity index (χ0n) is 11.3. The van der Waals surface area contributed by atoms with E-state index >= 15 is 0 Å². The minimum Gasteiger partial charge on any atom is -0.379 e. The Balaban J connectivity index is 1.83. The second-order valence-corrected chi connectivity index (χ2v) is 6.45. The summed E-state index contributed by atoms with van der Waals surface area (Å²) in [5.41, 5.74) is 1.57. The van der Waals surface area contributed by atoms with E-state index in [-0.39, 0.29) is 5.56 Å². The summed E-state index contributed by atoms with van der Waals surface area (Å²) in [6.45, 7) is 2.52. The van der Waals surface area contributed by atoms with Crippen LogP contribution in [0.4, 0.5) is 5.69 Å². The summed E-state index contributed by atoms with van der Waals surface area (Å²) in [6.07, 6.45) is 0.805. The van der Waals surface area contributed by atoms with Gasteiger partial charge in [0.15, 0.2) is 0 Å². The van der Waals surface area contributed by atoms with Gasteiger partial charge in [0.25, 0.3) is 5.56 Å². The molecule has 0 aliphatic carbocycles. The van der Waals surface area contributed by atoms with Gasteiger partial charge in [-0.15, -0.1) is 0 Å². The van der Waals surface area contributed by atoms with Crippen molar-refractivity contribution in [3.63, 3.8) is 0 Å². The smallest absolute Gasteiger partial charge is 0.275 e. The van der Waals surface area contributed by atoms with Gasteiger partial charge in [0, 0.05) is 16.2 Å². The van der Waals surface area contributed by atoms with Crippen LogP contribution in [-0.2, 0) is 13.0 Å². The lowest BCUT2D eigenvalue weighted by molar-refractivity contribution is 0.846. The van der Waals surface area contributed by atoms with Crippen LogP contribution in [0.25, 0.3) is 4.96 Å². The molecule has 21 heavy (non-hydrogen) atoms. The molecule has 0 aliphatic heterocycles. The van der Waals surface area contributed by atoms with Crippen molar-refractivity contribution in [2.24, 2.45) is 0 Å². The summed E-state index contributed by atoms with van der Waals surface area (Å²) in [5.74, 6) is 0. The van der Waals surface area contributed by atoms with Gasteiger partial charge in [0.1, 0.15) is 5.01 Å². The molecule has 0 saturated carbocycles. The van der Waals surface area contributed by atoms with Crippen LogP contribution in [0.15, 0.2) is 39.6 Å². The van der Waals surface area contributed by atoms with Crippen LogP contribution < -0.4 is 10.9 Å². The molecule has 1 aromatic carbocycles. The molecule has 0 aliphatic rings. The van der Waals surface area contributed by atoms with E-state index in [2.05, 4.69) is 31.3 Å². The Morgan fingerprint density at radius 2 is 2.10 bits per heavy atom.